The summed E-state index contributed by atoms with van der Waals surface area (Å²) in [5, 5.41) is 0.429. The zero-order valence-corrected chi connectivity index (χ0v) is 7.82. The first-order valence-electron chi connectivity index (χ1n) is 3.27. The molecule has 3 radical (unpaired) electrons. The maximum atomic E-state index is 13.0. The normalized spacial score (nSPS) is 13.1. The highest BCUT2D eigenvalue weighted by molar-refractivity contribution is 6.30. The van der Waals surface area contributed by atoms with E-state index < -0.39 is 0 Å². The van der Waals surface area contributed by atoms with E-state index in [1.165, 1.54) is 6.07 Å². The van der Waals surface area contributed by atoms with Gasteiger partial charge in [-0.05, 0) is 23.2 Å². The molecule has 1 rings (SSSR count). The molecule has 0 saturated heterocycles. The summed E-state index contributed by atoms with van der Waals surface area (Å²) in [5.74, 6) is -0.264. The van der Waals surface area contributed by atoms with Gasteiger partial charge in [-0.3, -0.25) is 0 Å². The second-order valence-electron chi connectivity index (χ2n) is 2.39. The van der Waals surface area contributed by atoms with Crippen LogP contribution >= 0.6 is 11.6 Å². The van der Waals surface area contributed by atoms with Gasteiger partial charge in [0, 0.05) is 15.3 Å². The van der Waals surface area contributed by atoms with Crippen LogP contribution in [0.3, 0.4) is 0 Å². The average molecular weight is 186 g/mol. The smallest absolute Gasteiger partial charge is 0.127 e. The van der Waals surface area contributed by atoms with Crippen molar-refractivity contribution in [2.75, 3.05) is 0 Å². The van der Waals surface area contributed by atoms with Crippen LogP contribution in [0.15, 0.2) is 18.2 Å². The highest BCUT2D eigenvalue weighted by atomic mass is 35.5. The lowest BCUT2D eigenvalue weighted by atomic mass is 10.1. The van der Waals surface area contributed by atoms with E-state index >= 15 is 0 Å². The maximum Gasteiger partial charge on any atom is 0.127 e. The van der Waals surface area contributed by atoms with E-state index in [9.17, 15) is 4.39 Å². The van der Waals surface area contributed by atoms with Gasteiger partial charge < -0.3 is 0 Å². The van der Waals surface area contributed by atoms with Gasteiger partial charge in [-0.1, -0.05) is 24.6 Å². The van der Waals surface area contributed by atoms with Crippen LogP contribution in [0.1, 0.15) is 18.0 Å². The fourth-order valence-corrected chi connectivity index (χ4v) is 1.25. The second-order valence-corrected chi connectivity index (χ2v) is 3.69. The summed E-state index contributed by atoms with van der Waals surface area (Å²) < 4.78 is 13.0. The van der Waals surface area contributed by atoms with Gasteiger partial charge in [0.2, 0.25) is 0 Å². The molecule has 1 aromatic rings. The van der Waals surface area contributed by atoms with Crippen molar-refractivity contribution in [3.8, 4) is 0 Å². The third-order valence-corrected chi connectivity index (χ3v) is 1.98. The Bertz CT molecular complexity index is 260. The van der Waals surface area contributed by atoms with Crippen molar-refractivity contribution in [3.63, 3.8) is 0 Å². The molecule has 57 valence electrons. The minimum atomic E-state index is -0.264. The summed E-state index contributed by atoms with van der Waals surface area (Å²) >= 11 is 5.57. The molecule has 0 aliphatic carbocycles. The third-order valence-electron chi connectivity index (χ3n) is 1.43. The number of benzene rings is 1. The molecule has 0 aromatic heterocycles. The Morgan fingerprint density at radius 2 is 2.18 bits per heavy atom. The molecule has 0 aliphatic rings. The molecule has 11 heavy (non-hydrogen) atoms. The van der Waals surface area contributed by atoms with Crippen LogP contribution in [0.25, 0.3) is 0 Å². The monoisotopic (exact) mass is 185 g/mol. The lowest BCUT2D eigenvalue weighted by Gasteiger charge is -2.05. The number of hydrogen-bond acceptors (Lipinski definition) is 0. The molecule has 0 fully saturated rings. The lowest BCUT2D eigenvalue weighted by Crippen LogP contribution is -1.95. The minimum Gasteiger partial charge on any atom is -0.207 e. The van der Waals surface area contributed by atoms with Gasteiger partial charge in [-0.15, -0.1) is 0 Å². The quantitative estimate of drug-likeness (QED) is 0.591. The molecule has 1 unspecified atom stereocenters. The molecule has 0 nitrogen and oxygen atoms in total. The van der Waals surface area contributed by atoms with Crippen molar-refractivity contribution in [1.82, 2.24) is 0 Å². The topological polar surface area (TPSA) is 0 Å². The minimum absolute atomic E-state index is 0.0206. The predicted molar refractivity (Wildman–Crippen MR) is 45.6 cm³/mol. The van der Waals surface area contributed by atoms with Crippen LogP contribution < -0.4 is 0 Å². The van der Waals surface area contributed by atoms with Gasteiger partial charge in [-0.2, -0.15) is 0 Å². The van der Waals surface area contributed by atoms with Gasteiger partial charge in [0.25, 0.3) is 0 Å². The zero-order valence-electron chi connectivity index (χ0n) is 6.07. The first-order valence-corrected chi connectivity index (χ1v) is 4.23. The van der Waals surface area contributed by atoms with Gasteiger partial charge >= 0.3 is 0 Å². The second kappa shape index (κ2) is 3.37. The average Bonchev–Trinajstić information content (AvgIpc) is 1.85. The van der Waals surface area contributed by atoms with Crippen molar-refractivity contribution >= 4 is 21.8 Å². The Morgan fingerprint density at radius 3 is 2.64 bits per heavy atom. The van der Waals surface area contributed by atoms with Crippen LogP contribution in [-0.2, 0) is 0 Å². The van der Waals surface area contributed by atoms with Crippen molar-refractivity contribution in [2.45, 2.75) is 12.5 Å². The first kappa shape index (κ1) is 8.75. The zero-order chi connectivity index (χ0) is 8.43. The fourth-order valence-electron chi connectivity index (χ4n) is 0.853. The van der Waals surface area contributed by atoms with E-state index in [2.05, 4.69) is 10.2 Å². The van der Waals surface area contributed by atoms with Crippen LogP contribution in [0.2, 0.25) is 5.02 Å². The lowest BCUT2D eigenvalue weighted by molar-refractivity contribution is 0.610. The van der Waals surface area contributed by atoms with Crippen LogP contribution in [0.5, 0.6) is 0 Å². The summed E-state index contributed by atoms with van der Waals surface area (Å²) in [6.45, 7) is 1.86. The largest absolute Gasteiger partial charge is 0.207 e. The molecule has 0 bridgehead atoms. The van der Waals surface area contributed by atoms with Gasteiger partial charge in [0.1, 0.15) is 5.82 Å². The number of halogens is 2. The van der Waals surface area contributed by atoms with E-state index in [1.807, 2.05) is 6.92 Å². The number of rotatable bonds is 1. The molecule has 0 heterocycles. The van der Waals surface area contributed by atoms with Crippen LogP contribution in [0, 0.1) is 5.82 Å². The third kappa shape index (κ3) is 2.04. The van der Waals surface area contributed by atoms with Gasteiger partial charge in [0.15, 0.2) is 0 Å². The molecule has 0 amide bonds. The van der Waals surface area contributed by atoms with E-state index in [4.69, 9.17) is 11.6 Å². The summed E-state index contributed by atoms with van der Waals surface area (Å²) in [7, 11) is 3.32. The summed E-state index contributed by atoms with van der Waals surface area (Å²) in [6, 6.07) is 4.67. The highest BCUT2D eigenvalue weighted by Gasteiger charge is 2.05. The Labute approximate surface area is 73.8 Å². The highest BCUT2D eigenvalue weighted by Crippen LogP contribution is 2.19. The van der Waals surface area contributed by atoms with E-state index in [0.29, 0.717) is 10.6 Å². The Kier molecular flexibility index (Phi) is 2.68. The molecule has 3 heteroatoms. The Balaban J connectivity index is 3.09. The Hall–Kier alpha value is -0.343. The molecule has 1 aromatic carbocycles. The predicted octanol–water partition coefficient (Wildman–Crippen LogP) is 2.71. The van der Waals surface area contributed by atoms with Crippen LogP contribution in [-0.4, -0.2) is 10.2 Å². The van der Waals surface area contributed by atoms with Crippen molar-refractivity contribution in [3.05, 3.63) is 34.6 Å². The molecular weight excluding hydrogens is 179 g/mol. The SMILES string of the molecule is CC([Si])c1ccc(Cl)cc1F. The van der Waals surface area contributed by atoms with Crippen molar-refractivity contribution in [2.24, 2.45) is 0 Å². The molecule has 0 aliphatic heterocycles. The molecular formula is C8H7ClFSi. The standard InChI is InChI=1S/C8H7ClFSi/c1-5(11)7-3-2-6(9)4-8(7)10/h2-5H,1H3. The van der Waals surface area contributed by atoms with E-state index in [0.717, 1.165) is 0 Å². The Morgan fingerprint density at radius 1 is 1.55 bits per heavy atom. The molecule has 0 N–H and O–H groups in total. The summed E-state index contributed by atoms with van der Waals surface area (Å²) in [6.07, 6.45) is 0. The molecule has 0 saturated carbocycles. The van der Waals surface area contributed by atoms with E-state index in [1.54, 1.807) is 12.1 Å². The van der Waals surface area contributed by atoms with Crippen LogP contribution in [0.4, 0.5) is 4.39 Å². The summed E-state index contributed by atoms with van der Waals surface area (Å²) in [4.78, 5) is 0. The summed E-state index contributed by atoms with van der Waals surface area (Å²) in [5.41, 5.74) is 0.651. The molecule has 0 spiro atoms. The van der Waals surface area contributed by atoms with Gasteiger partial charge in [-0.25, -0.2) is 4.39 Å². The first-order chi connectivity index (χ1) is 5.11. The maximum absolute atomic E-state index is 13.0. The fraction of sp³-hybridized carbons (Fsp3) is 0.250. The number of hydrogen-bond donors (Lipinski definition) is 0. The van der Waals surface area contributed by atoms with E-state index in [-0.39, 0.29) is 11.4 Å². The van der Waals surface area contributed by atoms with Gasteiger partial charge in [0.05, 0.1) is 0 Å². The molecule has 1 atom stereocenters. The van der Waals surface area contributed by atoms with Crippen molar-refractivity contribution in [1.29, 1.82) is 0 Å². The van der Waals surface area contributed by atoms with Crippen molar-refractivity contribution < 1.29 is 4.39 Å².